The molecule has 4 nitrogen and oxygen atoms in total. The molecule has 0 saturated carbocycles. The highest BCUT2D eigenvalue weighted by Gasteiger charge is 2.26. The molecule has 1 aromatic heterocycles. The van der Waals surface area contributed by atoms with E-state index in [0.717, 1.165) is 25.0 Å². The zero-order valence-electron chi connectivity index (χ0n) is 10.6. The van der Waals surface area contributed by atoms with Crippen molar-refractivity contribution in [2.24, 2.45) is 5.73 Å². The van der Waals surface area contributed by atoms with Crippen LogP contribution in [0.25, 0.3) is 0 Å². The summed E-state index contributed by atoms with van der Waals surface area (Å²) in [5, 5.41) is 0. The second kappa shape index (κ2) is 4.78. The van der Waals surface area contributed by atoms with Gasteiger partial charge in [0.05, 0.1) is 11.2 Å². The summed E-state index contributed by atoms with van der Waals surface area (Å²) in [5.74, 6) is 0.616. The molecule has 0 aliphatic carbocycles. The van der Waals surface area contributed by atoms with E-state index < -0.39 is 5.54 Å². The van der Waals surface area contributed by atoms with E-state index >= 15 is 0 Å². The summed E-state index contributed by atoms with van der Waals surface area (Å²) in [6.07, 6.45) is 2.28. The molecular weight excluding hydrogens is 202 g/mol. The van der Waals surface area contributed by atoms with E-state index in [2.05, 4.69) is 9.97 Å². The van der Waals surface area contributed by atoms with Gasteiger partial charge in [0.2, 0.25) is 0 Å². The fraction of sp³-hybridized carbons (Fsp3) is 0.667. The summed E-state index contributed by atoms with van der Waals surface area (Å²) < 4.78 is 0. The van der Waals surface area contributed by atoms with Crippen molar-refractivity contribution >= 4 is 0 Å². The minimum absolute atomic E-state index is 0.0708. The molecule has 0 amide bonds. The van der Waals surface area contributed by atoms with Crippen LogP contribution in [0.2, 0.25) is 0 Å². The third kappa shape index (κ3) is 2.16. The molecule has 0 unspecified atom stereocenters. The van der Waals surface area contributed by atoms with Gasteiger partial charge >= 0.3 is 0 Å². The van der Waals surface area contributed by atoms with Gasteiger partial charge in [0.25, 0.3) is 5.56 Å². The Hall–Kier alpha value is -1.16. The van der Waals surface area contributed by atoms with Gasteiger partial charge in [-0.1, -0.05) is 20.8 Å². The molecule has 90 valence electrons. The van der Waals surface area contributed by atoms with Crippen molar-refractivity contribution < 1.29 is 0 Å². The zero-order chi connectivity index (χ0) is 12.3. The van der Waals surface area contributed by atoms with E-state index in [4.69, 9.17) is 5.73 Å². The van der Waals surface area contributed by atoms with Gasteiger partial charge in [-0.25, -0.2) is 4.98 Å². The van der Waals surface area contributed by atoms with Crippen molar-refractivity contribution in [2.45, 2.75) is 52.5 Å². The van der Waals surface area contributed by atoms with Crippen molar-refractivity contribution in [3.8, 4) is 0 Å². The van der Waals surface area contributed by atoms with E-state index in [9.17, 15) is 4.79 Å². The topological polar surface area (TPSA) is 71.8 Å². The highest BCUT2D eigenvalue weighted by Crippen LogP contribution is 2.21. The SMILES string of the molecule is CCc1nc(C(N)(CC)CC)[nH]c(=O)c1C. The zero-order valence-corrected chi connectivity index (χ0v) is 10.6. The van der Waals surface area contributed by atoms with Crippen LogP contribution in [0.4, 0.5) is 0 Å². The molecule has 4 heteroatoms. The lowest BCUT2D eigenvalue weighted by Crippen LogP contribution is -2.39. The predicted molar refractivity (Wildman–Crippen MR) is 65.4 cm³/mol. The molecule has 0 aliphatic heterocycles. The number of hydrogen-bond acceptors (Lipinski definition) is 3. The smallest absolute Gasteiger partial charge is 0.254 e. The van der Waals surface area contributed by atoms with E-state index in [1.54, 1.807) is 6.92 Å². The third-order valence-electron chi connectivity index (χ3n) is 3.32. The van der Waals surface area contributed by atoms with Gasteiger partial charge in [0.1, 0.15) is 5.82 Å². The largest absolute Gasteiger partial charge is 0.319 e. The fourth-order valence-electron chi connectivity index (χ4n) is 1.74. The van der Waals surface area contributed by atoms with Gasteiger partial charge in [0, 0.05) is 5.56 Å². The number of nitrogens with zero attached hydrogens (tertiary/aromatic N) is 1. The maximum absolute atomic E-state index is 11.7. The molecule has 0 aliphatic rings. The van der Waals surface area contributed by atoms with Crippen LogP contribution in [-0.4, -0.2) is 9.97 Å². The van der Waals surface area contributed by atoms with Crippen LogP contribution in [-0.2, 0) is 12.0 Å². The summed E-state index contributed by atoms with van der Waals surface area (Å²) in [4.78, 5) is 19.0. The molecule has 0 saturated heterocycles. The van der Waals surface area contributed by atoms with Crippen LogP contribution < -0.4 is 11.3 Å². The monoisotopic (exact) mass is 223 g/mol. The Balaban J connectivity index is 3.36. The Bertz CT molecular complexity index is 419. The highest BCUT2D eigenvalue weighted by atomic mass is 16.1. The maximum Gasteiger partial charge on any atom is 0.254 e. The van der Waals surface area contributed by atoms with Crippen molar-refractivity contribution in [1.82, 2.24) is 9.97 Å². The number of H-pyrrole nitrogens is 1. The number of rotatable bonds is 4. The van der Waals surface area contributed by atoms with Gasteiger partial charge in [-0.05, 0) is 26.2 Å². The first-order valence-corrected chi connectivity index (χ1v) is 5.87. The number of nitrogens with one attached hydrogen (secondary N) is 1. The highest BCUT2D eigenvalue weighted by molar-refractivity contribution is 5.18. The molecule has 0 spiro atoms. The van der Waals surface area contributed by atoms with Crippen LogP contribution in [0.3, 0.4) is 0 Å². The molecule has 1 aromatic rings. The Morgan fingerprint density at radius 2 is 1.88 bits per heavy atom. The van der Waals surface area contributed by atoms with Gasteiger partial charge in [-0.2, -0.15) is 0 Å². The van der Waals surface area contributed by atoms with Gasteiger partial charge < -0.3 is 10.7 Å². The second-order valence-corrected chi connectivity index (χ2v) is 4.20. The molecule has 1 heterocycles. The van der Waals surface area contributed by atoms with Crippen LogP contribution in [0.15, 0.2) is 4.79 Å². The number of nitrogens with two attached hydrogens (primary N) is 1. The molecule has 0 atom stereocenters. The Kier molecular flexibility index (Phi) is 3.86. The Labute approximate surface area is 96.3 Å². The molecule has 0 radical (unpaired) electrons. The van der Waals surface area contributed by atoms with Crippen molar-refractivity contribution in [3.63, 3.8) is 0 Å². The normalized spacial score (nSPS) is 11.8. The van der Waals surface area contributed by atoms with E-state index in [0.29, 0.717) is 11.4 Å². The molecule has 3 N–H and O–H groups in total. The van der Waals surface area contributed by atoms with Gasteiger partial charge in [-0.15, -0.1) is 0 Å². The van der Waals surface area contributed by atoms with Crippen LogP contribution >= 0.6 is 0 Å². The summed E-state index contributed by atoms with van der Waals surface area (Å²) in [7, 11) is 0. The molecule has 1 rings (SSSR count). The van der Waals surface area contributed by atoms with Gasteiger partial charge in [0.15, 0.2) is 0 Å². The number of aromatic amines is 1. The van der Waals surface area contributed by atoms with Crippen LogP contribution in [0, 0.1) is 6.92 Å². The summed E-state index contributed by atoms with van der Waals surface area (Å²) in [6, 6.07) is 0. The standard InChI is InChI=1S/C12H21N3O/c1-5-9-8(4)10(16)15-11(14-9)12(13,6-2)7-3/h5-7,13H2,1-4H3,(H,14,15,16). The first-order chi connectivity index (χ1) is 7.48. The summed E-state index contributed by atoms with van der Waals surface area (Å²) in [5.41, 5.74) is 7.18. The van der Waals surface area contributed by atoms with E-state index in [1.165, 1.54) is 0 Å². The lowest BCUT2D eigenvalue weighted by molar-refractivity contribution is 0.384. The average molecular weight is 223 g/mol. The van der Waals surface area contributed by atoms with Crippen molar-refractivity contribution in [2.75, 3.05) is 0 Å². The lowest BCUT2D eigenvalue weighted by Gasteiger charge is -2.25. The quantitative estimate of drug-likeness (QED) is 0.814. The number of aryl methyl sites for hydroxylation is 1. The maximum atomic E-state index is 11.7. The lowest BCUT2D eigenvalue weighted by atomic mass is 9.93. The van der Waals surface area contributed by atoms with Crippen LogP contribution in [0.5, 0.6) is 0 Å². The minimum atomic E-state index is -0.517. The Morgan fingerprint density at radius 3 is 2.31 bits per heavy atom. The van der Waals surface area contributed by atoms with Crippen molar-refractivity contribution in [1.29, 1.82) is 0 Å². The van der Waals surface area contributed by atoms with E-state index in [1.807, 2.05) is 20.8 Å². The molecule has 16 heavy (non-hydrogen) atoms. The van der Waals surface area contributed by atoms with Crippen LogP contribution in [0.1, 0.15) is 50.7 Å². The molecule has 0 bridgehead atoms. The minimum Gasteiger partial charge on any atom is -0.319 e. The molecule has 0 fully saturated rings. The Morgan fingerprint density at radius 1 is 1.31 bits per heavy atom. The second-order valence-electron chi connectivity index (χ2n) is 4.20. The third-order valence-corrected chi connectivity index (χ3v) is 3.32. The summed E-state index contributed by atoms with van der Waals surface area (Å²) in [6.45, 7) is 7.81. The van der Waals surface area contributed by atoms with E-state index in [-0.39, 0.29) is 5.56 Å². The average Bonchev–Trinajstić information content (AvgIpc) is 2.31. The number of aromatic nitrogens is 2. The van der Waals surface area contributed by atoms with Gasteiger partial charge in [-0.3, -0.25) is 4.79 Å². The molecule has 0 aromatic carbocycles. The number of hydrogen-bond donors (Lipinski definition) is 2. The first kappa shape index (κ1) is 12.9. The first-order valence-electron chi connectivity index (χ1n) is 5.87. The van der Waals surface area contributed by atoms with Crippen molar-refractivity contribution in [3.05, 3.63) is 27.4 Å². The predicted octanol–water partition coefficient (Wildman–Crippen LogP) is 1.61. The fourth-order valence-corrected chi connectivity index (χ4v) is 1.74. The molecular formula is C12H21N3O. The summed E-state index contributed by atoms with van der Waals surface area (Å²) >= 11 is 0.